The number of benzene rings is 1. The predicted molar refractivity (Wildman–Crippen MR) is 86.4 cm³/mol. The Morgan fingerprint density at radius 3 is 2.32 bits per heavy atom. The molecule has 1 saturated carbocycles. The van der Waals surface area contributed by atoms with Gasteiger partial charge in [0, 0.05) is 19.6 Å². The minimum absolute atomic E-state index is 0.366. The molecule has 0 radical (unpaired) electrons. The lowest BCUT2D eigenvalue weighted by atomic mass is 10.1. The number of hydrogen-bond donors (Lipinski definition) is 1. The van der Waals surface area contributed by atoms with Gasteiger partial charge < -0.3 is 19.7 Å². The molecule has 2 saturated heterocycles. The van der Waals surface area contributed by atoms with Crippen molar-refractivity contribution in [2.24, 2.45) is 17.8 Å². The second kappa shape index (κ2) is 6.09. The number of likely N-dealkylation sites (tertiary alicyclic amines) is 1. The van der Waals surface area contributed by atoms with Crippen molar-refractivity contribution in [2.45, 2.75) is 18.9 Å². The van der Waals surface area contributed by atoms with Crippen molar-refractivity contribution in [1.29, 1.82) is 0 Å². The number of nitrogens with one attached hydrogen (secondary N) is 1. The van der Waals surface area contributed by atoms with Crippen molar-refractivity contribution in [3.05, 3.63) is 24.3 Å². The van der Waals surface area contributed by atoms with E-state index in [0.717, 1.165) is 42.1 Å². The fraction of sp³-hybridized carbons (Fsp3) is 0.667. The molecule has 0 aromatic heterocycles. The second-order valence-electron chi connectivity index (χ2n) is 6.94. The van der Waals surface area contributed by atoms with Crippen LogP contribution in [0.2, 0.25) is 0 Å². The van der Waals surface area contributed by atoms with Gasteiger partial charge in [0.05, 0.1) is 7.11 Å². The zero-order chi connectivity index (χ0) is 14.9. The van der Waals surface area contributed by atoms with Gasteiger partial charge in [-0.25, -0.2) is 0 Å². The van der Waals surface area contributed by atoms with E-state index >= 15 is 0 Å². The maximum absolute atomic E-state index is 6.11. The number of piperidine rings is 2. The number of hydrogen-bond acceptors (Lipinski definition) is 4. The molecule has 1 aromatic rings. The summed E-state index contributed by atoms with van der Waals surface area (Å²) >= 11 is 0. The Morgan fingerprint density at radius 1 is 1.05 bits per heavy atom. The lowest BCUT2D eigenvalue weighted by Gasteiger charge is -2.32. The molecule has 3 aliphatic rings. The summed E-state index contributed by atoms with van der Waals surface area (Å²) in [5.41, 5.74) is 0. The van der Waals surface area contributed by atoms with Gasteiger partial charge in [-0.1, -0.05) is 0 Å². The molecule has 3 fully saturated rings. The minimum Gasteiger partial charge on any atom is -0.497 e. The van der Waals surface area contributed by atoms with E-state index in [1.54, 1.807) is 7.11 Å². The van der Waals surface area contributed by atoms with Crippen LogP contribution in [0.3, 0.4) is 0 Å². The fourth-order valence-electron chi connectivity index (χ4n) is 4.17. The molecule has 1 unspecified atom stereocenters. The van der Waals surface area contributed by atoms with Crippen LogP contribution >= 0.6 is 0 Å². The van der Waals surface area contributed by atoms with Gasteiger partial charge in [-0.3, -0.25) is 0 Å². The first kappa shape index (κ1) is 14.3. The van der Waals surface area contributed by atoms with Crippen molar-refractivity contribution in [3.8, 4) is 11.5 Å². The molecule has 2 heterocycles. The SMILES string of the molecule is COc1ccc(OC2CCN(CC3[C@H]4CNC[C@@H]34)CC2)cc1. The van der Waals surface area contributed by atoms with Crippen LogP contribution in [-0.4, -0.2) is 50.8 Å². The Morgan fingerprint density at radius 2 is 1.68 bits per heavy atom. The molecule has 22 heavy (non-hydrogen) atoms. The first-order valence-corrected chi connectivity index (χ1v) is 8.57. The lowest BCUT2D eigenvalue weighted by Crippen LogP contribution is -2.40. The number of nitrogens with zero attached hydrogens (tertiary/aromatic N) is 1. The van der Waals surface area contributed by atoms with Gasteiger partial charge in [0.15, 0.2) is 0 Å². The largest absolute Gasteiger partial charge is 0.497 e. The van der Waals surface area contributed by atoms with E-state index in [-0.39, 0.29) is 0 Å². The third-order valence-electron chi connectivity index (χ3n) is 5.63. The van der Waals surface area contributed by atoms with Crippen LogP contribution in [-0.2, 0) is 0 Å². The van der Waals surface area contributed by atoms with Gasteiger partial charge in [0.1, 0.15) is 17.6 Å². The van der Waals surface area contributed by atoms with E-state index in [2.05, 4.69) is 10.2 Å². The molecule has 3 atom stereocenters. The van der Waals surface area contributed by atoms with Crippen LogP contribution in [0.15, 0.2) is 24.3 Å². The highest BCUT2D eigenvalue weighted by molar-refractivity contribution is 5.31. The second-order valence-corrected chi connectivity index (χ2v) is 6.94. The number of rotatable bonds is 5. The summed E-state index contributed by atoms with van der Waals surface area (Å²) in [6.45, 7) is 6.19. The van der Waals surface area contributed by atoms with Crippen molar-refractivity contribution in [1.82, 2.24) is 10.2 Å². The Balaban J connectivity index is 1.21. The molecular formula is C18H26N2O2. The van der Waals surface area contributed by atoms with E-state index in [4.69, 9.17) is 9.47 Å². The number of ether oxygens (including phenoxy) is 2. The topological polar surface area (TPSA) is 33.7 Å². The molecule has 2 aliphatic heterocycles. The van der Waals surface area contributed by atoms with Crippen molar-refractivity contribution in [2.75, 3.05) is 39.8 Å². The normalized spacial score (nSPS) is 31.8. The molecule has 4 nitrogen and oxygen atoms in total. The molecule has 1 N–H and O–H groups in total. The van der Waals surface area contributed by atoms with Crippen LogP contribution in [0.5, 0.6) is 11.5 Å². The van der Waals surface area contributed by atoms with Crippen LogP contribution in [0, 0.1) is 17.8 Å². The summed E-state index contributed by atoms with van der Waals surface area (Å²) in [5.74, 6) is 4.77. The van der Waals surface area contributed by atoms with Crippen LogP contribution in [0.1, 0.15) is 12.8 Å². The highest BCUT2D eigenvalue weighted by Gasteiger charge is 2.52. The van der Waals surface area contributed by atoms with E-state index < -0.39 is 0 Å². The maximum atomic E-state index is 6.11. The molecule has 120 valence electrons. The van der Waals surface area contributed by atoms with Gasteiger partial charge in [-0.2, -0.15) is 0 Å². The molecule has 1 aliphatic carbocycles. The van der Waals surface area contributed by atoms with Crippen LogP contribution in [0.25, 0.3) is 0 Å². The summed E-state index contributed by atoms with van der Waals surface area (Å²) in [6, 6.07) is 7.93. The average molecular weight is 302 g/mol. The number of methoxy groups -OCH3 is 1. The molecule has 1 aromatic carbocycles. The number of fused-ring (bicyclic) bond motifs is 1. The third-order valence-corrected chi connectivity index (χ3v) is 5.63. The van der Waals surface area contributed by atoms with Gasteiger partial charge in [-0.05, 0) is 68.0 Å². The Bertz CT molecular complexity index is 486. The Labute approximate surface area is 132 Å². The summed E-state index contributed by atoms with van der Waals surface area (Å²) in [5, 5.41) is 3.48. The molecule has 0 spiro atoms. The van der Waals surface area contributed by atoms with Crippen LogP contribution < -0.4 is 14.8 Å². The first-order valence-electron chi connectivity index (χ1n) is 8.57. The zero-order valence-electron chi connectivity index (χ0n) is 13.3. The standard InChI is InChI=1S/C18H26N2O2/c1-21-13-2-4-14(5-3-13)22-15-6-8-20(9-7-15)12-18-16-10-19-11-17(16)18/h2-5,15-19H,6-12H2,1H3/t16-,17+,18?. The van der Waals surface area contributed by atoms with Crippen molar-refractivity contribution in [3.63, 3.8) is 0 Å². The van der Waals surface area contributed by atoms with E-state index in [0.29, 0.717) is 6.10 Å². The summed E-state index contributed by atoms with van der Waals surface area (Å²) < 4.78 is 11.3. The van der Waals surface area contributed by atoms with Gasteiger partial charge >= 0.3 is 0 Å². The lowest BCUT2D eigenvalue weighted by molar-refractivity contribution is 0.0959. The molecule has 0 bridgehead atoms. The summed E-state index contributed by atoms with van der Waals surface area (Å²) in [4.78, 5) is 2.65. The Hall–Kier alpha value is -1.26. The van der Waals surface area contributed by atoms with Crippen molar-refractivity contribution >= 4 is 0 Å². The smallest absolute Gasteiger partial charge is 0.119 e. The van der Waals surface area contributed by atoms with Crippen molar-refractivity contribution < 1.29 is 9.47 Å². The Kier molecular flexibility index (Phi) is 3.97. The van der Waals surface area contributed by atoms with E-state index in [1.807, 2.05) is 24.3 Å². The summed E-state index contributed by atoms with van der Waals surface area (Å²) in [6.07, 6.45) is 2.66. The zero-order valence-corrected chi connectivity index (χ0v) is 13.3. The monoisotopic (exact) mass is 302 g/mol. The quantitative estimate of drug-likeness (QED) is 0.902. The molecule has 0 amide bonds. The highest BCUT2D eigenvalue weighted by Crippen LogP contribution is 2.49. The van der Waals surface area contributed by atoms with Gasteiger partial charge in [0.25, 0.3) is 0 Å². The maximum Gasteiger partial charge on any atom is 0.119 e. The molecule has 4 heteroatoms. The summed E-state index contributed by atoms with van der Waals surface area (Å²) in [7, 11) is 1.69. The van der Waals surface area contributed by atoms with E-state index in [9.17, 15) is 0 Å². The molecular weight excluding hydrogens is 276 g/mol. The first-order chi connectivity index (χ1) is 10.8. The van der Waals surface area contributed by atoms with Gasteiger partial charge in [-0.15, -0.1) is 0 Å². The average Bonchev–Trinajstić information content (AvgIpc) is 2.97. The minimum atomic E-state index is 0.366. The molecule has 4 rings (SSSR count). The highest BCUT2D eigenvalue weighted by atomic mass is 16.5. The third kappa shape index (κ3) is 2.95. The van der Waals surface area contributed by atoms with Gasteiger partial charge in [0.2, 0.25) is 0 Å². The van der Waals surface area contributed by atoms with E-state index in [1.165, 1.54) is 32.7 Å². The predicted octanol–water partition coefficient (Wildman–Crippen LogP) is 2.00. The van der Waals surface area contributed by atoms with Crippen LogP contribution in [0.4, 0.5) is 0 Å². The fourth-order valence-corrected chi connectivity index (χ4v) is 4.17.